The number of hydrogen-bond acceptors (Lipinski definition) is 3. The predicted octanol–water partition coefficient (Wildman–Crippen LogP) is 3.44. The quantitative estimate of drug-likeness (QED) is 0.558. The van der Waals surface area contributed by atoms with Crippen LogP contribution in [0.5, 0.6) is 0 Å². The molecule has 1 N–H and O–H groups in total. The summed E-state index contributed by atoms with van der Waals surface area (Å²) in [5, 5.41) is 13.5. The van der Waals surface area contributed by atoms with Gasteiger partial charge in [-0.1, -0.05) is 42.5 Å². The van der Waals surface area contributed by atoms with Crippen molar-refractivity contribution in [1.82, 2.24) is 14.0 Å². The average Bonchev–Trinajstić information content (AvgIpc) is 3.08. The van der Waals surface area contributed by atoms with Gasteiger partial charge in [0.15, 0.2) is 0 Å². The van der Waals surface area contributed by atoms with E-state index in [0.29, 0.717) is 24.9 Å². The molecule has 1 saturated heterocycles. The maximum absolute atomic E-state index is 12.3. The number of aromatic nitrogens is 2. The van der Waals surface area contributed by atoms with Crippen LogP contribution in [0.3, 0.4) is 0 Å². The molecule has 2 bridgehead atoms. The number of aliphatic hydroxyl groups excluding tert-OH is 1. The van der Waals surface area contributed by atoms with Crippen LogP contribution in [0.4, 0.5) is 0 Å². The van der Waals surface area contributed by atoms with Gasteiger partial charge < -0.3 is 14.2 Å². The van der Waals surface area contributed by atoms with Crippen molar-refractivity contribution in [3.05, 3.63) is 82.8 Å². The molecule has 0 amide bonds. The van der Waals surface area contributed by atoms with Crippen LogP contribution in [0.1, 0.15) is 18.0 Å². The van der Waals surface area contributed by atoms with Gasteiger partial charge in [-0.15, -0.1) is 0 Å². The number of fused-ring (bicyclic) bond motifs is 7. The Kier molecular flexibility index (Phi) is 4.47. The third kappa shape index (κ3) is 3.20. The smallest absolute Gasteiger partial charge is 0.250 e. The van der Waals surface area contributed by atoms with Crippen LogP contribution in [-0.2, 0) is 13.1 Å². The number of aliphatic hydroxyl groups is 1. The van der Waals surface area contributed by atoms with Gasteiger partial charge in [0.2, 0.25) is 0 Å². The molecule has 3 unspecified atom stereocenters. The minimum absolute atomic E-state index is 0.118. The van der Waals surface area contributed by atoms with Crippen molar-refractivity contribution < 1.29 is 5.11 Å². The summed E-state index contributed by atoms with van der Waals surface area (Å²) in [6.45, 7) is 3.89. The maximum atomic E-state index is 12.3. The summed E-state index contributed by atoms with van der Waals surface area (Å²) in [4.78, 5) is 14.7. The van der Waals surface area contributed by atoms with Crippen molar-refractivity contribution in [1.29, 1.82) is 0 Å². The molecular formula is C26H27N3O2. The zero-order valence-corrected chi connectivity index (χ0v) is 17.5. The van der Waals surface area contributed by atoms with Crippen LogP contribution in [-0.4, -0.2) is 44.9 Å². The number of piperidine rings is 1. The van der Waals surface area contributed by atoms with Gasteiger partial charge in [-0.2, -0.15) is 0 Å². The first-order valence-electron chi connectivity index (χ1n) is 11.2. The highest BCUT2D eigenvalue weighted by Gasteiger charge is 2.35. The van der Waals surface area contributed by atoms with Crippen molar-refractivity contribution in [3.63, 3.8) is 0 Å². The Morgan fingerprint density at radius 3 is 2.29 bits per heavy atom. The highest BCUT2D eigenvalue weighted by atomic mass is 16.3. The van der Waals surface area contributed by atoms with E-state index in [4.69, 9.17) is 0 Å². The molecule has 5 heteroatoms. The van der Waals surface area contributed by atoms with Crippen LogP contribution in [0, 0.1) is 5.92 Å². The fourth-order valence-corrected chi connectivity index (χ4v) is 5.91. The first-order valence-corrected chi connectivity index (χ1v) is 11.2. The molecule has 3 atom stereocenters. The third-order valence-corrected chi connectivity index (χ3v) is 7.10. The number of pyridine rings is 1. The Labute approximate surface area is 181 Å². The van der Waals surface area contributed by atoms with Crippen LogP contribution in [0.15, 0.2) is 71.5 Å². The lowest BCUT2D eigenvalue weighted by Crippen LogP contribution is -2.49. The van der Waals surface area contributed by atoms with Gasteiger partial charge in [0.25, 0.3) is 5.56 Å². The molecule has 5 nitrogen and oxygen atoms in total. The van der Waals surface area contributed by atoms with Crippen LogP contribution >= 0.6 is 0 Å². The lowest BCUT2D eigenvalue weighted by molar-refractivity contribution is 0.0558. The molecule has 2 aromatic carbocycles. The highest BCUT2D eigenvalue weighted by Crippen LogP contribution is 2.35. The number of benzene rings is 2. The van der Waals surface area contributed by atoms with Gasteiger partial charge >= 0.3 is 0 Å². The summed E-state index contributed by atoms with van der Waals surface area (Å²) in [6.07, 6.45) is 0.694. The molecule has 4 aromatic rings. The molecule has 31 heavy (non-hydrogen) atoms. The molecule has 158 valence electrons. The Bertz CT molecular complexity index is 1270. The topological polar surface area (TPSA) is 50.4 Å². The van der Waals surface area contributed by atoms with E-state index in [1.54, 1.807) is 6.07 Å². The van der Waals surface area contributed by atoms with E-state index in [9.17, 15) is 9.90 Å². The number of β-amino-alcohol motifs (C(OH)–C–C–N with tert-alkyl or cyclic N) is 1. The zero-order valence-electron chi connectivity index (χ0n) is 17.5. The van der Waals surface area contributed by atoms with Crippen LogP contribution in [0.25, 0.3) is 21.8 Å². The van der Waals surface area contributed by atoms with E-state index in [-0.39, 0.29) is 5.56 Å². The number of hydrogen-bond donors (Lipinski definition) is 1. The lowest BCUT2D eigenvalue weighted by atomic mass is 9.83. The first kappa shape index (κ1) is 18.8. The van der Waals surface area contributed by atoms with Gasteiger partial charge in [0, 0.05) is 65.7 Å². The predicted molar refractivity (Wildman–Crippen MR) is 123 cm³/mol. The van der Waals surface area contributed by atoms with Gasteiger partial charge in [-0.25, -0.2) is 0 Å². The Hall–Kier alpha value is -2.89. The SMILES string of the molecule is O=c1cccc2n1CC1CC2CN(CC(O)Cn2c3ccccc3c3ccccc32)C1. The summed E-state index contributed by atoms with van der Waals surface area (Å²) < 4.78 is 4.22. The summed E-state index contributed by atoms with van der Waals surface area (Å²) in [6, 6.07) is 22.5. The molecule has 0 spiro atoms. The molecule has 4 heterocycles. The van der Waals surface area contributed by atoms with Crippen molar-refractivity contribution in [2.24, 2.45) is 5.92 Å². The summed E-state index contributed by atoms with van der Waals surface area (Å²) in [5.41, 5.74) is 3.62. The van der Waals surface area contributed by atoms with E-state index in [0.717, 1.165) is 31.7 Å². The number of rotatable bonds is 4. The fraction of sp³-hybridized carbons (Fsp3) is 0.346. The lowest BCUT2D eigenvalue weighted by Gasteiger charge is -2.43. The van der Waals surface area contributed by atoms with Crippen LogP contribution < -0.4 is 5.56 Å². The second-order valence-corrected chi connectivity index (χ2v) is 9.22. The standard InChI is InChI=1S/C26H27N3O2/c30-20(17-28-24-8-3-1-6-21(24)22-7-2-4-9-25(22)28)16-27-13-18-12-19(15-27)23-10-5-11-26(31)29(23)14-18/h1-11,18-20,30H,12-17H2. The van der Waals surface area contributed by atoms with Crippen molar-refractivity contribution in [2.75, 3.05) is 19.6 Å². The molecular weight excluding hydrogens is 386 g/mol. The normalized spacial score (nSPS) is 22.0. The molecule has 2 aromatic heterocycles. The second kappa shape index (κ2) is 7.36. The van der Waals surface area contributed by atoms with Gasteiger partial charge in [-0.05, 0) is 30.5 Å². The van der Waals surface area contributed by atoms with Gasteiger partial charge in [0.1, 0.15) is 0 Å². The molecule has 0 saturated carbocycles. The third-order valence-electron chi connectivity index (χ3n) is 7.10. The molecule has 2 aliphatic rings. The fourth-order valence-electron chi connectivity index (χ4n) is 5.91. The molecule has 1 fully saturated rings. The molecule has 0 aliphatic carbocycles. The van der Waals surface area contributed by atoms with E-state index in [1.807, 2.05) is 10.6 Å². The molecule has 6 rings (SSSR count). The molecule has 2 aliphatic heterocycles. The minimum atomic E-state index is -0.448. The first-order chi connectivity index (χ1) is 15.2. The van der Waals surface area contributed by atoms with E-state index in [1.165, 1.54) is 21.8 Å². The average molecular weight is 414 g/mol. The van der Waals surface area contributed by atoms with E-state index >= 15 is 0 Å². The minimum Gasteiger partial charge on any atom is -0.390 e. The van der Waals surface area contributed by atoms with Gasteiger partial charge in [-0.3, -0.25) is 9.69 Å². The highest BCUT2D eigenvalue weighted by molar-refractivity contribution is 6.07. The maximum Gasteiger partial charge on any atom is 0.250 e. The summed E-state index contributed by atoms with van der Waals surface area (Å²) in [5.74, 6) is 0.855. The largest absolute Gasteiger partial charge is 0.390 e. The molecule has 0 radical (unpaired) electrons. The van der Waals surface area contributed by atoms with Crippen molar-refractivity contribution >= 4 is 21.8 Å². The summed E-state index contributed by atoms with van der Waals surface area (Å²) in [7, 11) is 0. The monoisotopic (exact) mass is 413 g/mol. The van der Waals surface area contributed by atoms with Crippen molar-refractivity contribution in [3.8, 4) is 0 Å². The number of likely N-dealkylation sites (tertiary alicyclic amines) is 1. The Morgan fingerprint density at radius 1 is 0.839 bits per heavy atom. The second-order valence-electron chi connectivity index (χ2n) is 9.22. The zero-order chi connectivity index (χ0) is 20.9. The number of nitrogens with zero attached hydrogens (tertiary/aromatic N) is 3. The Balaban J connectivity index is 1.24. The van der Waals surface area contributed by atoms with Gasteiger partial charge in [0.05, 0.1) is 12.6 Å². The van der Waals surface area contributed by atoms with Crippen LogP contribution in [0.2, 0.25) is 0 Å². The Morgan fingerprint density at radius 2 is 1.55 bits per heavy atom. The summed E-state index contributed by atoms with van der Waals surface area (Å²) >= 11 is 0. The van der Waals surface area contributed by atoms with E-state index < -0.39 is 6.10 Å². The number of para-hydroxylation sites is 2. The van der Waals surface area contributed by atoms with Crippen molar-refractivity contribution in [2.45, 2.75) is 31.5 Å². The van der Waals surface area contributed by atoms with E-state index in [2.05, 4.69) is 64.1 Å².